The van der Waals surface area contributed by atoms with E-state index in [1.165, 1.54) is 0 Å². The molecule has 0 N–H and O–H groups in total. The van der Waals surface area contributed by atoms with Gasteiger partial charge in [0.2, 0.25) is 0 Å². The molecule has 1 aromatic rings. The number of benzene rings is 1. The Hall–Kier alpha value is -0.730. The van der Waals surface area contributed by atoms with Crippen molar-refractivity contribution in [3.8, 4) is 5.75 Å². The molecule has 0 bridgehead atoms. The number of methoxy groups -OCH3 is 1. The molecule has 0 aromatic heterocycles. The average molecular weight is 247 g/mol. The van der Waals surface area contributed by atoms with E-state index in [9.17, 15) is 4.79 Å². The monoisotopic (exact) mass is 246 g/mol. The fraction of sp³-hybridized carbons (Fsp3) is 0.364. The van der Waals surface area contributed by atoms with Gasteiger partial charge >= 0.3 is 0 Å². The van der Waals surface area contributed by atoms with E-state index in [0.29, 0.717) is 12.3 Å². The second-order valence-corrected chi connectivity index (χ2v) is 3.65. The van der Waals surface area contributed by atoms with E-state index >= 15 is 0 Å². The summed E-state index contributed by atoms with van der Waals surface area (Å²) in [5.41, 5.74) is 1.82. The molecular formula is C11H12Cl2O2. The quantitative estimate of drug-likeness (QED) is 0.748. The first-order valence-electron chi connectivity index (χ1n) is 4.50. The SMILES string of the molecule is COc1ccc(CC(=O)CCl)c(CCl)c1. The maximum Gasteiger partial charge on any atom is 0.151 e. The number of halogens is 2. The number of carbonyl (C=O) groups excluding carboxylic acids is 1. The van der Waals surface area contributed by atoms with Crippen LogP contribution in [0.25, 0.3) is 0 Å². The molecule has 0 aliphatic carbocycles. The van der Waals surface area contributed by atoms with Crippen LogP contribution in [-0.4, -0.2) is 18.8 Å². The number of ketones is 1. The Morgan fingerprint density at radius 3 is 2.60 bits per heavy atom. The zero-order chi connectivity index (χ0) is 11.3. The van der Waals surface area contributed by atoms with E-state index in [1.54, 1.807) is 7.11 Å². The Labute approximate surface area is 99.1 Å². The Morgan fingerprint density at radius 1 is 1.33 bits per heavy atom. The maximum absolute atomic E-state index is 11.2. The Kier molecular flexibility index (Phi) is 4.92. The van der Waals surface area contributed by atoms with Crippen LogP contribution in [-0.2, 0) is 17.1 Å². The number of ether oxygens (including phenoxy) is 1. The molecule has 0 radical (unpaired) electrons. The van der Waals surface area contributed by atoms with Crippen molar-refractivity contribution in [2.75, 3.05) is 13.0 Å². The zero-order valence-electron chi connectivity index (χ0n) is 8.43. The lowest BCUT2D eigenvalue weighted by atomic mass is 10.0. The summed E-state index contributed by atoms with van der Waals surface area (Å²) in [6.07, 6.45) is 0.329. The van der Waals surface area contributed by atoms with Gasteiger partial charge in [0.25, 0.3) is 0 Å². The summed E-state index contributed by atoms with van der Waals surface area (Å²) in [4.78, 5) is 11.2. The maximum atomic E-state index is 11.2. The molecule has 1 aromatic carbocycles. The van der Waals surface area contributed by atoms with Gasteiger partial charge in [0.15, 0.2) is 5.78 Å². The Balaban J connectivity index is 2.92. The van der Waals surface area contributed by atoms with E-state index in [0.717, 1.165) is 16.9 Å². The third-order valence-electron chi connectivity index (χ3n) is 2.09. The van der Waals surface area contributed by atoms with Gasteiger partial charge in [-0.1, -0.05) is 6.07 Å². The lowest BCUT2D eigenvalue weighted by molar-refractivity contribution is -0.116. The molecule has 2 nitrogen and oxygen atoms in total. The van der Waals surface area contributed by atoms with Crippen molar-refractivity contribution in [1.82, 2.24) is 0 Å². The summed E-state index contributed by atoms with van der Waals surface area (Å²) < 4.78 is 5.07. The van der Waals surface area contributed by atoms with E-state index in [-0.39, 0.29) is 11.7 Å². The fourth-order valence-electron chi connectivity index (χ4n) is 1.29. The summed E-state index contributed by atoms with van der Waals surface area (Å²) in [5.74, 6) is 1.14. The molecule has 0 saturated heterocycles. The van der Waals surface area contributed by atoms with Crippen LogP contribution in [0.2, 0.25) is 0 Å². The minimum absolute atomic E-state index is 0.00630. The van der Waals surface area contributed by atoms with Gasteiger partial charge in [-0.15, -0.1) is 23.2 Å². The molecule has 1 rings (SSSR count). The number of alkyl halides is 2. The van der Waals surface area contributed by atoms with Gasteiger partial charge in [-0.2, -0.15) is 0 Å². The van der Waals surface area contributed by atoms with Crippen molar-refractivity contribution < 1.29 is 9.53 Å². The minimum atomic E-state index is -0.00630. The smallest absolute Gasteiger partial charge is 0.151 e. The molecule has 0 aliphatic rings. The zero-order valence-corrected chi connectivity index (χ0v) is 9.94. The molecule has 0 fully saturated rings. The molecule has 0 amide bonds. The van der Waals surface area contributed by atoms with Crippen LogP contribution in [0.5, 0.6) is 5.75 Å². The van der Waals surface area contributed by atoms with Crippen molar-refractivity contribution in [3.63, 3.8) is 0 Å². The van der Waals surface area contributed by atoms with Gasteiger partial charge < -0.3 is 4.74 Å². The van der Waals surface area contributed by atoms with Gasteiger partial charge in [-0.05, 0) is 23.3 Å². The van der Waals surface area contributed by atoms with E-state index in [1.807, 2.05) is 18.2 Å². The molecule has 0 aliphatic heterocycles. The van der Waals surface area contributed by atoms with Crippen LogP contribution >= 0.6 is 23.2 Å². The van der Waals surface area contributed by atoms with Crippen molar-refractivity contribution in [1.29, 1.82) is 0 Å². The van der Waals surface area contributed by atoms with Crippen molar-refractivity contribution in [3.05, 3.63) is 29.3 Å². The van der Waals surface area contributed by atoms with Gasteiger partial charge in [0.05, 0.1) is 13.0 Å². The number of hydrogen-bond acceptors (Lipinski definition) is 2. The summed E-state index contributed by atoms with van der Waals surface area (Å²) in [6.45, 7) is 0. The van der Waals surface area contributed by atoms with Crippen LogP contribution in [0, 0.1) is 0 Å². The van der Waals surface area contributed by atoms with E-state index in [4.69, 9.17) is 27.9 Å². The third kappa shape index (κ3) is 3.40. The molecule has 0 unspecified atom stereocenters. The Bertz CT molecular complexity index is 350. The van der Waals surface area contributed by atoms with Crippen molar-refractivity contribution in [2.45, 2.75) is 12.3 Å². The number of rotatable bonds is 5. The topological polar surface area (TPSA) is 26.3 Å². The summed E-state index contributed by atoms with van der Waals surface area (Å²) in [6, 6.07) is 5.50. The molecule has 0 spiro atoms. The molecule has 15 heavy (non-hydrogen) atoms. The van der Waals surface area contributed by atoms with Crippen molar-refractivity contribution >= 4 is 29.0 Å². The number of carbonyl (C=O) groups is 1. The van der Waals surface area contributed by atoms with Crippen LogP contribution in [0.4, 0.5) is 0 Å². The predicted octanol–water partition coefficient (Wildman–Crippen LogP) is 2.78. The fourth-order valence-corrected chi connectivity index (χ4v) is 1.63. The molecule has 0 heterocycles. The van der Waals surface area contributed by atoms with Crippen LogP contribution in [0.3, 0.4) is 0 Å². The number of hydrogen-bond donors (Lipinski definition) is 0. The highest BCUT2D eigenvalue weighted by Crippen LogP contribution is 2.20. The highest BCUT2D eigenvalue weighted by molar-refractivity contribution is 6.27. The molecular weight excluding hydrogens is 235 g/mol. The highest BCUT2D eigenvalue weighted by Gasteiger charge is 2.07. The van der Waals surface area contributed by atoms with Gasteiger partial charge in [0, 0.05) is 12.3 Å². The number of Topliss-reactive ketones (excluding diaryl/α,β-unsaturated/α-hetero) is 1. The lowest BCUT2D eigenvalue weighted by Crippen LogP contribution is -2.06. The normalized spacial score (nSPS) is 10.1. The minimum Gasteiger partial charge on any atom is -0.497 e. The van der Waals surface area contributed by atoms with Crippen LogP contribution < -0.4 is 4.74 Å². The average Bonchev–Trinajstić information content (AvgIpc) is 2.29. The van der Waals surface area contributed by atoms with Gasteiger partial charge in [-0.3, -0.25) is 4.79 Å². The van der Waals surface area contributed by atoms with Crippen molar-refractivity contribution in [2.24, 2.45) is 0 Å². The molecule has 82 valence electrons. The highest BCUT2D eigenvalue weighted by atomic mass is 35.5. The largest absolute Gasteiger partial charge is 0.497 e. The summed E-state index contributed by atoms with van der Waals surface area (Å²) in [5, 5.41) is 0. The van der Waals surface area contributed by atoms with Gasteiger partial charge in [0.1, 0.15) is 5.75 Å². The summed E-state index contributed by atoms with van der Waals surface area (Å²) in [7, 11) is 1.59. The Morgan fingerprint density at radius 2 is 2.07 bits per heavy atom. The third-order valence-corrected chi connectivity index (χ3v) is 2.68. The van der Waals surface area contributed by atoms with Gasteiger partial charge in [-0.25, -0.2) is 0 Å². The standard InChI is InChI=1S/C11H12Cl2O2/c1-15-11-3-2-8(4-10(14)7-13)9(5-11)6-12/h2-3,5H,4,6-7H2,1H3. The molecule has 4 heteroatoms. The van der Waals surface area contributed by atoms with E-state index in [2.05, 4.69) is 0 Å². The van der Waals surface area contributed by atoms with Crippen LogP contribution in [0.1, 0.15) is 11.1 Å². The molecule has 0 atom stereocenters. The predicted molar refractivity (Wildman–Crippen MR) is 62.0 cm³/mol. The first kappa shape index (κ1) is 12.3. The first-order valence-corrected chi connectivity index (χ1v) is 5.57. The van der Waals surface area contributed by atoms with Crippen LogP contribution in [0.15, 0.2) is 18.2 Å². The second-order valence-electron chi connectivity index (χ2n) is 3.12. The van der Waals surface area contributed by atoms with E-state index < -0.39 is 0 Å². The summed E-state index contributed by atoms with van der Waals surface area (Å²) >= 11 is 11.2. The lowest BCUT2D eigenvalue weighted by Gasteiger charge is -2.08. The molecule has 0 saturated carbocycles. The first-order chi connectivity index (χ1) is 7.21. The second kappa shape index (κ2) is 5.99.